The van der Waals surface area contributed by atoms with E-state index >= 15 is 0 Å². The third-order valence-corrected chi connectivity index (χ3v) is 8.74. The first-order valence-corrected chi connectivity index (χ1v) is 18.2. The molecule has 4 aromatic rings. The quantitative estimate of drug-likeness (QED) is 0.0742. The number of hydrazine groups is 1. The van der Waals surface area contributed by atoms with Crippen molar-refractivity contribution in [3.63, 3.8) is 0 Å². The Morgan fingerprint density at radius 1 is 0.839 bits per heavy atom. The molecular weight excluding hydrogens is 715 g/mol. The molecular formula is C42H49N7O7. The van der Waals surface area contributed by atoms with Crippen molar-refractivity contribution < 1.29 is 33.4 Å². The van der Waals surface area contributed by atoms with Gasteiger partial charge in [-0.2, -0.15) is 0 Å². The highest BCUT2D eigenvalue weighted by atomic mass is 16.5. The van der Waals surface area contributed by atoms with E-state index in [4.69, 9.17) is 15.2 Å². The largest absolute Gasteiger partial charge is 0.453 e. The Balaban J connectivity index is 1.56. The fourth-order valence-electron chi connectivity index (χ4n) is 5.79. The molecule has 6 N–H and O–H groups in total. The fraction of sp³-hybridized carbons (Fsp3) is 0.333. The van der Waals surface area contributed by atoms with Gasteiger partial charge in [0.2, 0.25) is 11.8 Å². The number of amides is 5. The van der Waals surface area contributed by atoms with Crippen LogP contribution in [0.25, 0.3) is 10.9 Å². The molecule has 5 amide bonds. The van der Waals surface area contributed by atoms with Crippen LogP contribution in [-0.4, -0.2) is 84.2 Å². The number of nitrogens with two attached hydrogens (primary N) is 1. The average molecular weight is 764 g/mol. The summed E-state index contributed by atoms with van der Waals surface area (Å²) in [6, 6.07) is 26.3. The molecule has 0 spiro atoms. The molecule has 0 aliphatic carbocycles. The molecule has 14 heteroatoms. The van der Waals surface area contributed by atoms with Crippen LogP contribution in [0, 0.1) is 17.8 Å². The topological polar surface area (TPSA) is 194 Å². The first-order chi connectivity index (χ1) is 27.0. The highest BCUT2D eigenvalue weighted by Crippen LogP contribution is 2.15. The third-order valence-electron chi connectivity index (χ3n) is 8.74. The van der Waals surface area contributed by atoms with Gasteiger partial charge in [-0.3, -0.25) is 29.9 Å². The minimum atomic E-state index is -1.34. The Morgan fingerprint density at radius 2 is 1.50 bits per heavy atom. The molecule has 56 heavy (non-hydrogen) atoms. The second-order valence-corrected chi connectivity index (χ2v) is 13.4. The highest BCUT2D eigenvalue weighted by Gasteiger charge is 2.32. The van der Waals surface area contributed by atoms with Crippen molar-refractivity contribution in [3.05, 3.63) is 114 Å². The monoisotopic (exact) mass is 763 g/mol. The van der Waals surface area contributed by atoms with E-state index in [-0.39, 0.29) is 37.7 Å². The van der Waals surface area contributed by atoms with Crippen LogP contribution in [0.2, 0.25) is 0 Å². The molecule has 3 aromatic carbocycles. The normalized spacial score (nSPS) is 13.1. The Hall–Kier alpha value is -6.14. The number of para-hydroxylation sites is 1. The van der Waals surface area contributed by atoms with Crippen LogP contribution < -0.4 is 27.1 Å². The summed E-state index contributed by atoms with van der Waals surface area (Å²) >= 11 is 0. The van der Waals surface area contributed by atoms with E-state index in [0.717, 1.165) is 16.5 Å². The van der Waals surface area contributed by atoms with Crippen LogP contribution >= 0.6 is 0 Å². The lowest BCUT2D eigenvalue weighted by molar-refractivity contribution is -0.131. The van der Waals surface area contributed by atoms with Crippen molar-refractivity contribution in [1.82, 2.24) is 31.4 Å². The molecule has 294 valence electrons. The van der Waals surface area contributed by atoms with Gasteiger partial charge in [-0.1, -0.05) is 105 Å². The lowest BCUT2D eigenvalue weighted by atomic mass is 9.99. The van der Waals surface area contributed by atoms with E-state index in [2.05, 4.69) is 38.2 Å². The molecule has 4 rings (SSSR count). The van der Waals surface area contributed by atoms with Crippen molar-refractivity contribution in [2.45, 2.75) is 64.4 Å². The average Bonchev–Trinajstić information content (AvgIpc) is 3.19. The third kappa shape index (κ3) is 13.3. The van der Waals surface area contributed by atoms with Gasteiger partial charge < -0.3 is 25.8 Å². The summed E-state index contributed by atoms with van der Waals surface area (Å²) in [4.78, 5) is 69.7. The van der Waals surface area contributed by atoms with E-state index in [9.17, 15) is 24.0 Å². The number of imide groups is 1. The summed E-state index contributed by atoms with van der Waals surface area (Å²) in [7, 11) is 1.22. The zero-order chi connectivity index (χ0) is 40.5. The Bertz CT molecular complexity index is 2000. The number of methoxy groups -OCH3 is 1. The zero-order valence-electron chi connectivity index (χ0n) is 32.0. The Kier molecular flexibility index (Phi) is 16.5. The second kappa shape index (κ2) is 21.7. The number of alkyl carbamates (subject to hydrolysis) is 1. The van der Waals surface area contributed by atoms with Crippen LogP contribution in [0.15, 0.2) is 97.1 Å². The number of nitrogens with one attached hydrogen (secondary N) is 4. The van der Waals surface area contributed by atoms with Crippen LogP contribution in [0.1, 0.15) is 48.8 Å². The zero-order valence-corrected chi connectivity index (χ0v) is 32.0. The molecule has 1 aromatic heterocycles. The van der Waals surface area contributed by atoms with E-state index in [1.807, 2.05) is 72.8 Å². The highest BCUT2D eigenvalue weighted by molar-refractivity contribution is 6.05. The molecule has 14 nitrogen and oxygen atoms in total. The Morgan fingerprint density at radius 3 is 2.16 bits per heavy atom. The molecule has 0 saturated heterocycles. The first-order valence-electron chi connectivity index (χ1n) is 18.2. The number of ether oxygens (including phenoxy) is 2. The standard InChI is InChI=1S/C42H49N7O7/c1-5-6-23-56-36(27-49(26-30-17-11-8-12-18-30)48-41(53)38(28(2)3)47-42(54)55-4)35(24-29-15-9-7-10-16-29)45-39(51)32(43)25-37(50)46-40(52)34-22-21-31-19-13-14-20-33(31)44-34/h7-22,28,32,35-36,38H,23-27,43H2,1-4H3,(H,45,51)(H,47,54)(H,48,53)(H,46,50,52). The van der Waals surface area contributed by atoms with Crippen LogP contribution in [0.3, 0.4) is 0 Å². The number of carbonyl (C=O) groups is 5. The van der Waals surface area contributed by atoms with Gasteiger partial charge in [-0.05, 0) is 42.5 Å². The summed E-state index contributed by atoms with van der Waals surface area (Å²) in [5, 5.41) is 10.3. The number of carbonyl (C=O) groups excluding carboxylic acids is 5. The minimum absolute atomic E-state index is 0.00729. The number of nitrogens with zero attached hydrogens (tertiary/aromatic N) is 2. The maximum atomic E-state index is 13.7. The smallest absolute Gasteiger partial charge is 0.407 e. The van der Waals surface area contributed by atoms with Gasteiger partial charge in [-0.15, -0.1) is 5.92 Å². The van der Waals surface area contributed by atoms with Crippen LogP contribution in [-0.2, 0) is 36.8 Å². The number of hydrogen-bond acceptors (Lipinski definition) is 10. The summed E-state index contributed by atoms with van der Waals surface area (Å²) in [6.45, 7) is 5.56. The van der Waals surface area contributed by atoms with Gasteiger partial charge in [0.05, 0.1) is 37.2 Å². The predicted octanol–water partition coefficient (Wildman–Crippen LogP) is 3.26. The molecule has 0 fully saturated rings. The number of fused-ring (bicyclic) bond motifs is 1. The first kappa shape index (κ1) is 42.6. The molecule has 0 aliphatic heterocycles. The molecule has 0 aliphatic rings. The van der Waals surface area contributed by atoms with Crippen LogP contribution in [0.5, 0.6) is 0 Å². The minimum Gasteiger partial charge on any atom is -0.453 e. The van der Waals surface area contributed by atoms with Crippen molar-refractivity contribution in [1.29, 1.82) is 0 Å². The summed E-state index contributed by atoms with van der Waals surface area (Å²) in [5.41, 5.74) is 11.6. The van der Waals surface area contributed by atoms with E-state index in [1.54, 1.807) is 44.0 Å². The van der Waals surface area contributed by atoms with Gasteiger partial charge in [0.1, 0.15) is 18.3 Å². The molecule has 0 saturated carbocycles. The van der Waals surface area contributed by atoms with Gasteiger partial charge in [0.25, 0.3) is 11.8 Å². The number of aromatic nitrogens is 1. The summed E-state index contributed by atoms with van der Waals surface area (Å²) < 4.78 is 11.1. The maximum absolute atomic E-state index is 13.7. The molecule has 0 bridgehead atoms. The molecule has 4 atom stereocenters. The fourth-order valence-corrected chi connectivity index (χ4v) is 5.79. The van der Waals surface area contributed by atoms with Crippen LogP contribution in [0.4, 0.5) is 4.79 Å². The second-order valence-electron chi connectivity index (χ2n) is 13.4. The van der Waals surface area contributed by atoms with Gasteiger partial charge in [0.15, 0.2) is 0 Å². The SMILES string of the molecule is CC#CCOC(CN(Cc1ccccc1)NC(=O)C(NC(=O)OC)C(C)C)C(Cc1ccccc1)NC(=O)C(N)CC(=O)NC(=O)c1ccc2ccccc2n1. The molecule has 4 unspecified atom stereocenters. The van der Waals surface area contributed by atoms with E-state index in [0.29, 0.717) is 5.52 Å². The van der Waals surface area contributed by atoms with Crippen molar-refractivity contribution >= 4 is 40.6 Å². The lowest BCUT2D eigenvalue weighted by Gasteiger charge is -2.34. The summed E-state index contributed by atoms with van der Waals surface area (Å²) in [5.74, 6) is 2.80. The van der Waals surface area contributed by atoms with Gasteiger partial charge in [0, 0.05) is 18.5 Å². The lowest BCUT2D eigenvalue weighted by Crippen LogP contribution is -2.59. The molecule has 1 heterocycles. The van der Waals surface area contributed by atoms with Crippen molar-refractivity contribution in [2.75, 3.05) is 20.3 Å². The number of pyridine rings is 1. The molecule has 0 radical (unpaired) electrons. The maximum Gasteiger partial charge on any atom is 0.407 e. The number of benzene rings is 3. The number of hydrogen-bond donors (Lipinski definition) is 5. The Labute approximate surface area is 326 Å². The van der Waals surface area contributed by atoms with Gasteiger partial charge >= 0.3 is 6.09 Å². The number of rotatable bonds is 18. The van der Waals surface area contributed by atoms with Crippen molar-refractivity contribution in [2.24, 2.45) is 11.7 Å². The van der Waals surface area contributed by atoms with Gasteiger partial charge in [-0.25, -0.2) is 14.8 Å². The predicted molar refractivity (Wildman–Crippen MR) is 211 cm³/mol. The summed E-state index contributed by atoms with van der Waals surface area (Å²) in [6.07, 6.45) is -1.75. The van der Waals surface area contributed by atoms with E-state index < -0.39 is 60.4 Å². The van der Waals surface area contributed by atoms with E-state index in [1.165, 1.54) is 13.2 Å². The van der Waals surface area contributed by atoms with Crippen molar-refractivity contribution in [3.8, 4) is 11.8 Å².